The molecule has 12 heavy (non-hydrogen) atoms. The summed E-state index contributed by atoms with van der Waals surface area (Å²) in [4.78, 5) is 10.1. The Morgan fingerprint density at radius 1 is 1.67 bits per heavy atom. The normalized spacial score (nSPS) is 29.8. The minimum Gasteiger partial charge on any atom is -0.465 e. The molecular formula is C7H14N2O3. The standard InChI is InChI=1S/C7H14N2O3/c10-6-1-2-8-3-5(6)4-9-7(11)12/h5-6,8-10H,1-4H2,(H,11,12). The quantitative estimate of drug-likeness (QED) is 0.443. The highest BCUT2D eigenvalue weighted by atomic mass is 16.4. The molecule has 1 amide bonds. The molecule has 4 N–H and O–H groups in total. The second-order valence-corrected chi connectivity index (χ2v) is 3.01. The zero-order valence-corrected chi connectivity index (χ0v) is 6.79. The molecule has 1 rings (SSSR count). The van der Waals surface area contributed by atoms with Crippen LogP contribution >= 0.6 is 0 Å². The number of aliphatic hydroxyl groups excluding tert-OH is 1. The van der Waals surface area contributed by atoms with E-state index in [4.69, 9.17) is 5.11 Å². The molecule has 70 valence electrons. The number of hydrogen-bond acceptors (Lipinski definition) is 3. The average Bonchev–Trinajstić information content (AvgIpc) is 2.03. The van der Waals surface area contributed by atoms with Gasteiger partial charge in [0.1, 0.15) is 0 Å². The zero-order chi connectivity index (χ0) is 8.97. The highest BCUT2D eigenvalue weighted by Gasteiger charge is 2.22. The lowest BCUT2D eigenvalue weighted by atomic mass is 9.96. The molecule has 0 aliphatic carbocycles. The third-order valence-corrected chi connectivity index (χ3v) is 2.08. The number of nitrogens with one attached hydrogen (secondary N) is 2. The summed E-state index contributed by atoms with van der Waals surface area (Å²) in [5, 5.41) is 23.1. The van der Waals surface area contributed by atoms with Gasteiger partial charge in [-0.25, -0.2) is 4.79 Å². The minimum atomic E-state index is -1.03. The number of carbonyl (C=O) groups is 1. The van der Waals surface area contributed by atoms with E-state index in [-0.39, 0.29) is 12.0 Å². The molecule has 0 aromatic rings. The number of piperidine rings is 1. The summed E-state index contributed by atoms with van der Waals surface area (Å²) < 4.78 is 0. The largest absolute Gasteiger partial charge is 0.465 e. The van der Waals surface area contributed by atoms with Gasteiger partial charge in [0.2, 0.25) is 0 Å². The van der Waals surface area contributed by atoms with Crippen LogP contribution in [0, 0.1) is 5.92 Å². The van der Waals surface area contributed by atoms with Gasteiger partial charge >= 0.3 is 6.09 Å². The van der Waals surface area contributed by atoms with Crippen LogP contribution in [0.25, 0.3) is 0 Å². The van der Waals surface area contributed by atoms with Gasteiger partial charge in [-0.2, -0.15) is 0 Å². The molecule has 1 aliphatic rings. The van der Waals surface area contributed by atoms with Crippen molar-refractivity contribution in [3.63, 3.8) is 0 Å². The van der Waals surface area contributed by atoms with Crippen LogP contribution in [0.4, 0.5) is 4.79 Å². The van der Waals surface area contributed by atoms with Crippen LogP contribution in [-0.4, -0.2) is 42.0 Å². The van der Waals surface area contributed by atoms with Crippen molar-refractivity contribution < 1.29 is 15.0 Å². The van der Waals surface area contributed by atoms with Gasteiger partial charge in [0.15, 0.2) is 0 Å². The molecule has 2 atom stereocenters. The fraction of sp³-hybridized carbons (Fsp3) is 0.857. The molecule has 1 heterocycles. The van der Waals surface area contributed by atoms with E-state index in [0.29, 0.717) is 19.5 Å². The summed E-state index contributed by atoms with van der Waals surface area (Å²) in [6, 6.07) is 0. The molecule has 1 saturated heterocycles. The maximum absolute atomic E-state index is 10.1. The average molecular weight is 174 g/mol. The van der Waals surface area contributed by atoms with Gasteiger partial charge in [-0.05, 0) is 13.0 Å². The molecule has 0 aromatic heterocycles. The molecule has 5 heteroatoms. The SMILES string of the molecule is O=C(O)NCC1CNCCC1O. The summed E-state index contributed by atoms with van der Waals surface area (Å²) in [6.45, 7) is 1.82. The molecule has 0 saturated carbocycles. The van der Waals surface area contributed by atoms with Gasteiger partial charge in [0.25, 0.3) is 0 Å². The molecule has 1 aliphatic heterocycles. The summed E-state index contributed by atoms with van der Waals surface area (Å²) in [5.41, 5.74) is 0. The van der Waals surface area contributed by atoms with E-state index in [1.807, 2.05) is 0 Å². The van der Waals surface area contributed by atoms with Gasteiger partial charge in [-0.15, -0.1) is 0 Å². The van der Waals surface area contributed by atoms with Crippen molar-refractivity contribution in [3.05, 3.63) is 0 Å². The number of rotatable bonds is 2. The summed E-state index contributed by atoms with van der Waals surface area (Å²) >= 11 is 0. The highest BCUT2D eigenvalue weighted by Crippen LogP contribution is 2.09. The number of hydrogen-bond donors (Lipinski definition) is 4. The Bertz CT molecular complexity index is 163. The molecule has 1 fully saturated rings. The molecule has 0 bridgehead atoms. The summed E-state index contributed by atoms with van der Waals surface area (Å²) in [5.74, 6) is 0.00912. The monoisotopic (exact) mass is 174 g/mol. The van der Waals surface area contributed by atoms with Crippen molar-refractivity contribution in [3.8, 4) is 0 Å². The maximum Gasteiger partial charge on any atom is 0.404 e. The number of amides is 1. The lowest BCUT2D eigenvalue weighted by Gasteiger charge is -2.27. The second kappa shape index (κ2) is 4.27. The predicted molar refractivity (Wildman–Crippen MR) is 43.0 cm³/mol. The first-order valence-electron chi connectivity index (χ1n) is 4.05. The first-order chi connectivity index (χ1) is 5.70. The van der Waals surface area contributed by atoms with Crippen molar-refractivity contribution >= 4 is 6.09 Å². The van der Waals surface area contributed by atoms with E-state index in [0.717, 1.165) is 6.54 Å². The fourth-order valence-corrected chi connectivity index (χ4v) is 1.34. The third-order valence-electron chi connectivity index (χ3n) is 2.08. The Balaban J connectivity index is 2.24. The maximum atomic E-state index is 10.1. The van der Waals surface area contributed by atoms with Gasteiger partial charge in [-0.3, -0.25) is 0 Å². The van der Waals surface area contributed by atoms with Crippen molar-refractivity contribution in [1.82, 2.24) is 10.6 Å². The van der Waals surface area contributed by atoms with Gasteiger partial charge in [0.05, 0.1) is 6.10 Å². The Hall–Kier alpha value is -0.810. The lowest BCUT2D eigenvalue weighted by Crippen LogP contribution is -2.45. The van der Waals surface area contributed by atoms with E-state index in [1.165, 1.54) is 0 Å². The van der Waals surface area contributed by atoms with E-state index in [1.54, 1.807) is 0 Å². The number of carboxylic acid groups (broad SMARTS) is 1. The smallest absolute Gasteiger partial charge is 0.404 e. The molecule has 0 radical (unpaired) electrons. The summed E-state index contributed by atoms with van der Waals surface area (Å²) in [6.07, 6.45) is -0.711. The van der Waals surface area contributed by atoms with Crippen molar-refractivity contribution in [2.75, 3.05) is 19.6 Å². The van der Waals surface area contributed by atoms with E-state index in [9.17, 15) is 9.90 Å². The Morgan fingerprint density at radius 2 is 2.42 bits per heavy atom. The topological polar surface area (TPSA) is 81.6 Å². The zero-order valence-electron chi connectivity index (χ0n) is 6.79. The van der Waals surface area contributed by atoms with Crippen LogP contribution in [0.1, 0.15) is 6.42 Å². The molecule has 0 spiro atoms. The van der Waals surface area contributed by atoms with E-state index in [2.05, 4.69) is 10.6 Å². The first kappa shape index (κ1) is 9.28. The number of aliphatic hydroxyl groups is 1. The van der Waals surface area contributed by atoms with Crippen LogP contribution in [-0.2, 0) is 0 Å². The summed E-state index contributed by atoms with van der Waals surface area (Å²) in [7, 11) is 0. The molecule has 2 unspecified atom stereocenters. The Kier molecular flexibility index (Phi) is 3.31. The highest BCUT2D eigenvalue weighted by molar-refractivity contribution is 5.64. The minimum absolute atomic E-state index is 0.00912. The van der Waals surface area contributed by atoms with Crippen molar-refractivity contribution in [2.24, 2.45) is 5.92 Å². The van der Waals surface area contributed by atoms with E-state index >= 15 is 0 Å². The van der Waals surface area contributed by atoms with Gasteiger partial charge in [0, 0.05) is 19.0 Å². The van der Waals surface area contributed by atoms with Crippen molar-refractivity contribution in [2.45, 2.75) is 12.5 Å². The van der Waals surface area contributed by atoms with Crippen molar-refractivity contribution in [1.29, 1.82) is 0 Å². The lowest BCUT2D eigenvalue weighted by molar-refractivity contribution is 0.0785. The van der Waals surface area contributed by atoms with Crippen LogP contribution in [0.2, 0.25) is 0 Å². The van der Waals surface area contributed by atoms with E-state index < -0.39 is 6.09 Å². The first-order valence-corrected chi connectivity index (χ1v) is 4.05. The fourth-order valence-electron chi connectivity index (χ4n) is 1.34. The third kappa shape index (κ3) is 2.67. The molecular weight excluding hydrogens is 160 g/mol. The molecule has 0 aromatic carbocycles. The van der Waals surface area contributed by atoms with Gasteiger partial charge < -0.3 is 20.8 Å². The van der Waals surface area contributed by atoms with Crippen LogP contribution < -0.4 is 10.6 Å². The van der Waals surface area contributed by atoms with Crippen LogP contribution in [0.3, 0.4) is 0 Å². The Morgan fingerprint density at radius 3 is 3.00 bits per heavy atom. The molecule has 5 nitrogen and oxygen atoms in total. The van der Waals surface area contributed by atoms with Crippen LogP contribution in [0.5, 0.6) is 0 Å². The van der Waals surface area contributed by atoms with Crippen LogP contribution in [0.15, 0.2) is 0 Å². The van der Waals surface area contributed by atoms with Gasteiger partial charge in [-0.1, -0.05) is 0 Å². The predicted octanol–water partition coefficient (Wildman–Crippen LogP) is -0.776. The Labute approximate surface area is 70.8 Å². The second-order valence-electron chi connectivity index (χ2n) is 3.01.